The van der Waals surface area contributed by atoms with Crippen LogP contribution in [-0.4, -0.2) is 50.0 Å². The summed E-state index contributed by atoms with van der Waals surface area (Å²) in [6.45, 7) is 1.88. The van der Waals surface area contributed by atoms with Gasteiger partial charge in [0, 0.05) is 26.4 Å². The highest BCUT2D eigenvalue weighted by molar-refractivity contribution is 7.90. The van der Waals surface area contributed by atoms with Gasteiger partial charge in [-0.25, -0.2) is 12.8 Å². The molecule has 1 saturated heterocycles. The lowest BCUT2D eigenvalue weighted by molar-refractivity contribution is -0.135. The van der Waals surface area contributed by atoms with Gasteiger partial charge < -0.3 is 4.90 Å². The van der Waals surface area contributed by atoms with Gasteiger partial charge in [0.1, 0.15) is 5.82 Å². The number of sulfone groups is 1. The van der Waals surface area contributed by atoms with Crippen molar-refractivity contribution < 1.29 is 17.6 Å². The molecule has 1 aliphatic rings. The molecule has 1 atom stereocenters. The third-order valence-electron chi connectivity index (χ3n) is 5.10. The maximum Gasteiger partial charge on any atom is 0.239 e. The van der Waals surface area contributed by atoms with Gasteiger partial charge in [-0.3, -0.25) is 9.69 Å². The third kappa shape index (κ3) is 4.97. The molecule has 2 aromatic rings. The van der Waals surface area contributed by atoms with E-state index in [9.17, 15) is 17.6 Å². The average molecular weight is 405 g/mol. The van der Waals surface area contributed by atoms with Crippen molar-refractivity contribution in [1.29, 1.82) is 0 Å². The van der Waals surface area contributed by atoms with Crippen LogP contribution in [0.4, 0.5) is 4.39 Å². The summed E-state index contributed by atoms with van der Waals surface area (Å²) in [7, 11) is -1.46. The molecule has 7 heteroatoms. The molecular weight excluding hydrogens is 379 g/mol. The normalized spacial score (nSPS) is 17.6. The van der Waals surface area contributed by atoms with Crippen molar-refractivity contribution in [1.82, 2.24) is 9.80 Å². The highest BCUT2D eigenvalue weighted by Crippen LogP contribution is 2.22. The van der Waals surface area contributed by atoms with E-state index in [0.29, 0.717) is 13.1 Å². The number of carbonyl (C=O) groups excluding carboxylic acids is 1. The Morgan fingerprint density at radius 1 is 1.11 bits per heavy atom. The monoisotopic (exact) mass is 404 g/mol. The lowest BCUT2D eigenvalue weighted by Gasteiger charge is -2.28. The van der Waals surface area contributed by atoms with Gasteiger partial charge >= 0.3 is 0 Å². The summed E-state index contributed by atoms with van der Waals surface area (Å²) < 4.78 is 36.2. The molecule has 0 spiro atoms. The summed E-state index contributed by atoms with van der Waals surface area (Å²) in [4.78, 5) is 17.1. The van der Waals surface area contributed by atoms with Crippen molar-refractivity contribution in [3.8, 4) is 0 Å². The number of likely N-dealkylation sites (tertiary alicyclic amines) is 1. The van der Waals surface area contributed by atoms with Gasteiger partial charge in [-0.05, 0) is 54.8 Å². The smallest absolute Gasteiger partial charge is 0.239 e. The first kappa shape index (κ1) is 20.5. The molecule has 1 aliphatic heterocycles. The van der Waals surface area contributed by atoms with Crippen LogP contribution in [-0.2, 0) is 27.7 Å². The molecule has 150 valence electrons. The van der Waals surface area contributed by atoms with E-state index in [1.807, 2.05) is 0 Å². The van der Waals surface area contributed by atoms with Crippen LogP contribution in [0.3, 0.4) is 0 Å². The molecule has 1 amide bonds. The highest BCUT2D eigenvalue weighted by atomic mass is 32.2. The lowest BCUT2D eigenvalue weighted by atomic mass is 10.1. The zero-order chi connectivity index (χ0) is 20.3. The summed E-state index contributed by atoms with van der Waals surface area (Å²) in [5.74, 6) is -0.216. The van der Waals surface area contributed by atoms with Crippen LogP contribution in [0.25, 0.3) is 0 Å². The fourth-order valence-corrected chi connectivity index (χ4v) is 4.20. The number of carbonyl (C=O) groups is 1. The van der Waals surface area contributed by atoms with Crippen molar-refractivity contribution in [2.75, 3.05) is 19.8 Å². The van der Waals surface area contributed by atoms with E-state index in [0.717, 1.165) is 30.5 Å². The van der Waals surface area contributed by atoms with Crippen LogP contribution in [0.15, 0.2) is 53.4 Å². The van der Waals surface area contributed by atoms with Gasteiger partial charge in [0.25, 0.3) is 0 Å². The minimum Gasteiger partial charge on any atom is -0.340 e. The Morgan fingerprint density at radius 3 is 2.32 bits per heavy atom. The summed E-state index contributed by atoms with van der Waals surface area (Å²) in [6.07, 6.45) is 2.93. The van der Waals surface area contributed by atoms with E-state index in [1.54, 1.807) is 48.3 Å². The Hall–Kier alpha value is -2.25. The highest BCUT2D eigenvalue weighted by Gasteiger charge is 2.32. The van der Waals surface area contributed by atoms with Gasteiger partial charge in [0.2, 0.25) is 5.91 Å². The SMILES string of the molecule is CN(Cc1ccc(S(C)(=O)=O)cc1)C(=O)C1CCCN1Cc1ccc(F)cc1. The fourth-order valence-electron chi connectivity index (χ4n) is 3.57. The Kier molecular flexibility index (Phi) is 6.15. The number of halogens is 1. The number of rotatable bonds is 6. The van der Waals surface area contributed by atoms with Gasteiger partial charge in [0.15, 0.2) is 9.84 Å². The lowest BCUT2D eigenvalue weighted by Crippen LogP contribution is -2.43. The van der Waals surface area contributed by atoms with Crippen molar-refractivity contribution in [3.05, 3.63) is 65.5 Å². The molecule has 3 rings (SSSR count). The standard InChI is InChI=1S/C21H25FN2O3S/c1-23(14-16-7-11-19(12-8-16)28(2,26)27)21(25)20-4-3-13-24(20)15-17-5-9-18(22)10-6-17/h5-12,20H,3-4,13-15H2,1-2H3. The topological polar surface area (TPSA) is 57.7 Å². The minimum absolute atomic E-state index is 0.0480. The first-order chi connectivity index (χ1) is 13.2. The summed E-state index contributed by atoms with van der Waals surface area (Å²) in [5.41, 5.74) is 1.87. The van der Waals surface area contributed by atoms with Crippen molar-refractivity contribution in [3.63, 3.8) is 0 Å². The molecule has 0 bridgehead atoms. The van der Waals surface area contributed by atoms with Crippen LogP contribution in [0.1, 0.15) is 24.0 Å². The first-order valence-electron chi connectivity index (χ1n) is 9.26. The maximum atomic E-state index is 13.1. The Bertz CT molecular complexity index is 927. The molecule has 1 heterocycles. The van der Waals surface area contributed by atoms with E-state index < -0.39 is 9.84 Å². The van der Waals surface area contributed by atoms with E-state index >= 15 is 0 Å². The quantitative estimate of drug-likeness (QED) is 0.743. The van der Waals surface area contributed by atoms with Crippen LogP contribution in [0.5, 0.6) is 0 Å². The molecule has 0 radical (unpaired) electrons. The number of nitrogens with zero attached hydrogens (tertiary/aromatic N) is 2. The van der Waals surface area contributed by atoms with Crippen molar-refractivity contribution in [2.24, 2.45) is 0 Å². The molecule has 2 aromatic carbocycles. The number of benzene rings is 2. The molecule has 28 heavy (non-hydrogen) atoms. The maximum absolute atomic E-state index is 13.1. The van der Waals surface area contributed by atoms with Crippen LogP contribution in [0.2, 0.25) is 0 Å². The van der Waals surface area contributed by atoms with Gasteiger partial charge in [-0.1, -0.05) is 24.3 Å². The molecule has 1 unspecified atom stereocenters. The zero-order valence-electron chi connectivity index (χ0n) is 16.1. The summed E-state index contributed by atoms with van der Waals surface area (Å²) in [5, 5.41) is 0. The molecule has 0 aromatic heterocycles. The van der Waals surface area contributed by atoms with Gasteiger partial charge in [0.05, 0.1) is 10.9 Å². The van der Waals surface area contributed by atoms with E-state index in [-0.39, 0.29) is 22.7 Å². The first-order valence-corrected chi connectivity index (χ1v) is 11.2. The van der Waals surface area contributed by atoms with Gasteiger partial charge in [-0.15, -0.1) is 0 Å². The van der Waals surface area contributed by atoms with Crippen LogP contribution >= 0.6 is 0 Å². The predicted molar refractivity (Wildman–Crippen MR) is 106 cm³/mol. The van der Waals surface area contributed by atoms with Crippen LogP contribution < -0.4 is 0 Å². The average Bonchev–Trinajstić information content (AvgIpc) is 3.10. The minimum atomic E-state index is -3.23. The summed E-state index contributed by atoms with van der Waals surface area (Å²) in [6, 6.07) is 12.8. The number of likely N-dealkylation sites (N-methyl/N-ethyl adjacent to an activating group) is 1. The van der Waals surface area contributed by atoms with E-state index in [2.05, 4.69) is 4.90 Å². The largest absolute Gasteiger partial charge is 0.340 e. The molecule has 0 saturated carbocycles. The molecule has 0 N–H and O–H groups in total. The molecule has 0 aliphatic carbocycles. The number of hydrogen-bond donors (Lipinski definition) is 0. The summed E-state index contributed by atoms with van der Waals surface area (Å²) >= 11 is 0. The molecule has 5 nitrogen and oxygen atoms in total. The third-order valence-corrected chi connectivity index (χ3v) is 6.22. The number of hydrogen-bond acceptors (Lipinski definition) is 4. The number of amides is 1. The predicted octanol–water partition coefficient (Wildman–Crippen LogP) is 2.85. The molecule has 1 fully saturated rings. The van der Waals surface area contributed by atoms with Crippen molar-refractivity contribution in [2.45, 2.75) is 36.9 Å². The Morgan fingerprint density at radius 2 is 1.71 bits per heavy atom. The Labute approximate surface area is 165 Å². The van der Waals surface area contributed by atoms with E-state index in [1.165, 1.54) is 18.4 Å². The van der Waals surface area contributed by atoms with Crippen LogP contribution in [0, 0.1) is 5.82 Å². The van der Waals surface area contributed by atoms with Crippen molar-refractivity contribution >= 4 is 15.7 Å². The second-order valence-corrected chi connectivity index (χ2v) is 9.38. The zero-order valence-corrected chi connectivity index (χ0v) is 17.0. The fraction of sp³-hybridized carbons (Fsp3) is 0.381. The van der Waals surface area contributed by atoms with Gasteiger partial charge in [-0.2, -0.15) is 0 Å². The second-order valence-electron chi connectivity index (χ2n) is 7.37. The van der Waals surface area contributed by atoms with E-state index in [4.69, 9.17) is 0 Å². The Balaban J connectivity index is 1.63. The molecular formula is C21H25FN2O3S. The second kappa shape index (κ2) is 8.41.